The highest BCUT2D eigenvalue weighted by Gasteiger charge is 1.98. The number of rotatable bonds is 6. The van der Waals surface area contributed by atoms with E-state index in [0.29, 0.717) is 0 Å². The van der Waals surface area contributed by atoms with Gasteiger partial charge in [-0.15, -0.1) is 0 Å². The van der Waals surface area contributed by atoms with Gasteiger partial charge < -0.3 is 0 Å². The second-order valence-corrected chi connectivity index (χ2v) is 4.77. The van der Waals surface area contributed by atoms with E-state index in [1.165, 1.54) is 31.4 Å². The van der Waals surface area contributed by atoms with Crippen LogP contribution in [0.15, 0.2) is 0 Å². The molecule has 10 heavy (non-hydrogen) atoms. The predicted octanol–water partition coefficient (Wildman–Crippen LogP) is 3.69. The highest BCUT2D eigenvalue weighted by molar-refractivity contribution is 9.09. The molecule has 1 atom stereocenters. The molecule has 0 N–H and O–H groups in total. The lowest BCUT2D eigenvalue weighted by Gasteiger charge is -2.04. The van der Waals surface area contributed by atoms with Crippen molar-refractivity contribution in [2.75, 3.05) is 12.0 Å². The summed E-state index contributed by atoms with van der Waals surface area (Å²) in [7, 11) is 0. The molecule has 0 spiro atoms. The molecule has 0 heterocycles. The number of thioether (sulfide) groups is 1. The largest absolute Gasteiger partial charge is 0.165 e. The van der Waals surface area contributed by atoms with E-state index in [1.807, 2.05) is 11.8 Å². The standard InChI is InChI=1S/C8H17BrS/c1-3-8(9)6-4-5-7-10-2/h8H,3-7H2,1-2H3. The third-order valence-electron chi connectivity index (χ3n) is 1.56. The van der Waals surface area contributed by atoms with Crippen molar-refractivity contribution in [2.24, 2.45) is 0 Å². The maximum absolute atomic E-state index is 3.62. The van der Waals surface area contributed by atoms with E-state index < -0.39 is 0 Å². The molecule has 0 aliphatic rings. The Morgan fingerprint density at radius 1 is 1.40 bits per heavy atom. The summed E-state index contributed by atoms with van der Waals surface area (Å²) in [5, 5.41) is 0. The Balaban J connectivity index is 2.89. The zero-order valence-corrected chi connectivity index (χ0v) is 9.30. The van der Waals surface area contributed by atoms with Gasteiger partial charge in [-0.3, -0.25) is 0 Å². The van der Waals surface area contributed by atoms with Gasteiger partial charge in [-0.25, -0.2) is 0 Å². The molecule has 0 aliphatic heterocycles. The number of hydrogen-bond donors (Lipinski definition) is 0. The molecule has 2 heteroatoms. The Hall–Kier alpha value is 0.830. The molecule has 0 rings (SSSR count). The zero-order valence-electron chi connectivity index (χ0n) is 6.90. The van der Waals surface area contributed by atoms with Gasteiger partial charge in [-0.1, -0.05) is 29.3 Å². The van der Waals surface area contributed by atoms with Crippen LogP contribution in [0, 0.1) is 0 Å². The van der Waals surface area contributed by atoms with Gasteiger partial charge in [0.05, 0.1) is 0 Å². The van der Waals surface area contributed by atoms with Gasteiger partial charge in [0.2, 0.25) is 0 Å². The molecule has 1 unspecified atom stereocenters. The topological polar surface area (TPSA) is 0 Å². The van der Waals surface area contributed by atoms with E-state index >= 15 is 0 Å². The number of unbranched alkanes of at least 4 members (excludes halogenated alkanes) is 1. The summed E-state index contributed by atoms with van der Waals surface area (Å²) in [5.74, 6) is 1.32. The number of hydrogen-bond acceptors (Lipinski definition) is 1. The van der Waals surface area contributed by atoms with Crippen molar-refractivity contribution >= 4 is 27.7 Å². The monoisotopic (exact) mass is 224 g/mol. The van der Waals surface area contributed by atoms with E-state index in [4.69, 9.17) is 0 Å². The normalized spacial score (nSPS) is 13.5. The average Bonchev–Trinajstić information content (AvgIpc) is 1.98. The molecule has 0 aliphatic carbocycles. The molecule has 62 valence electrons. The van der Waals surface area contributed by atoms with Crippen molar-refractivity contribution in [2.45, 2.75) is 37.4 Å². The van der Waals surface area contributed by atoms with Crippen LogP contribution in [0.2, 0.25) is 0 Å². The van der Waals surface area contributed by atoms with Crippen LogP contribution in [-0.4, -0.2) is 16.8 Å². The van der Waals surface area contributed by atoms with Crippen molar-refractivity contribution in [3.63, 3.8) is 0 Å². The molecule has 0 aromatic rings. The Labute approximate surface area is 77.3 Å². The van der Waals surface area contributed by atoms with E-state index in [-0.39, 0.29) is 0 Å². The molecule has 0 bridgehead atoms. The molecular formula is C8H17BrS. The smallest absolute Gasteiger partial charge is 0.0143 e. The summed E-state index contributed by atoms with van der Waals surface area (Å²) in [4.78, 5) is 0.759. The zero-order chi connectivity index (χ0) is 7.82. The third kappa shape index (κ3) is 6.94. The summed E-state index contributed by atoms with van der Waals surface area (Å²) in [5.41, 5.74) is 0. The van der Waals surface area contributed by atoms with Crippen molar-refractivity contribution < 1.29 is 0 Å². The van der Waals surface area contributed by atoms with E-state index in [1.54, 1.807) is 0 Å². The molecule has 0 amide bonds. The average molecular weight is 225 g/mol. The van der Waals surface area contributed by atoms with Crippen LogP contribution in [0.1, 0.15) is 32.6 Å². The fraction of sp³-hybridized carbons (Fsp3) is 1.00. The first-order valence-electron chi connectivity index (χ1n) is 3.94. The Morgan fingerprint density at radius 2 is 2.10 bits per heavy atom. The van der Waals surface area contributed by atoms with Crippen LogP contribution in [0.3, 0.4) is 0 Å². The highest BCUT2D eigenvalue weighted by Crippen LogP contribution is 2.13. The van der Waals surface area contributed by atoms with Crippen LogP contribution >= 0.6 is 27.7 Å². The van der Waals surface area contributed by atoms with Gasteiger partial charge in [-0.05, 0) is 31.3 Å². The van der Waals surface area contributed by atoms with E-state index in [9.17, 15) is 0 Å². The van der Waals surface area contributed by atoms with Crippen LogP contribution < -0.4 is 0 Å². The van der Waals surface area contributed by atoms with Crippen LogP contribution in [-0.2, 0) is 0 Å². The quantitative estimate of drug-likeness (QED) is 0.490. The Morgan fingerprint density at radius 3 is 2.60 bits per heavy atom. The molecule has 0 saturated carbocycles. The summed E-state index contributed by atoms with van der Waals surface area (Å²) >= 11 is 5.57. The lowest BCUT2D eigenvalue weighted by atomic mass is 10.2. The summed E-state index contributed by atoms with van der Waals surface area (Å²) in [6, 6.07) is 0. The first-order valence-corrected chi connectivity index (χ1v) is 6.25. The maximum Gasteiger partial charge on any atom is 0.0143 e. The molecule has 0 fully saturated rings. The van der Waals surface area contributed by atoms with Crippen molar-refractivity contribution in [3.8, 4) is 0 Å². The van der Waals surface area contributed by atoms with E-state index in [2.05, 4.69) is 29.1 Å². The van der Waals surface area contributed by atoms with Gasteiger partial charge >= 0.3 is 0 Å². The molecule has 0 radical (unpaired) electrons. The van der Waals surface area contributed by atoms with Crippen LogP contribution in [0.5, 0.6) is 0 Å². The predicted molar refractivity (Wildman–Crippen MR) is 55.2 cm³/mol. The Bertz CT molecular complexity index is 66.3. The fourth-order valence-corrected chi connectivity index (χ4v) is 1.63. The fourth-order valence-electron chi connectivity index (χ4n) is 0.816. The minimum absolute atomic E-state index is 0.759. The first kappa shape index (κ1) is 10.8. The minimum Gasteiger partial charge on any atom is -0.165 e. The lowest BCUT2D eigenvalue weighted by Crippen LogP contribution is -1.94. The molecular weight excluding hydrogens is 208 g/mol. The molecule has 0 aromatic carbocycles. The number of alkyl halides is 1. The van der Waals surface area contributed by atoms with Crippen molar-refractivity contribution in [1.29, 1.82) is 0 Å². The van der Waals surface area contributed by atoms with E-state index in [0.717, 1.165) is 4.83 Å². The second kappa shape index (κ2) is 7.93. The summed E-state index contributed by atoms with van der Waals surface area (Å²) < 4.78 is 0. The van der Waals surface area contributed by atoms with Gasteiger partial charge in [0, 0.05) is 4.83 Å². The number of halogens is 1. The van der Waals surface area contributed by atoms with Gasteiger partial charge in [0.1, 0.15) is 0 Å². The molecule has 0 nitrogen and oxygen atoms in total. The molecule has 0 saturated heterocycles. The third-order valence-corrected chi connectivity index (χ3v) is 3.36. The van der Waals surface area contributed by atoms with Gasteiger partial charge in [0.25, 0.3) is 0 Å². The maximum atomic E-state index is 3.62. The minimum atomic E-state index is 0.759. The van der Waals surface area contributed by atoms with Gasteiger partial charge in [0.15, 0.2) is 0 Å². The molecule has 0 aromatic heterocycles. The van der Waals surface area contributed by atoms with Crippen LogP contribution in [0.25, 0.3) is 0 Å². The first-order chi connectivity index (χ1) is 4.81. The Kier molecular flexibility index (Phi) is 8.59. The summed E-state index contributed by atoms with van der Waals surface area (Å²) in [6.45, 7) is 2.23. The van der Waals surface area contributed by atoms with Crippen LogP contribution in [0.4, 0.5) is 0 Å². The summed E-state index contributed by atoms with van der Waals surface area (Å²) in [6.07, 6.45) is 7.54. The van der Waals surface area contributed by atoms with Crippen molar-refractivity contribution in [1.82, 2.24) is 0 Å². The SMILES string of the molecule is CCC(Br)CCCCSC. The second-order valence-electron chi connectivity index (χ2n) is 2.49. The lowest BCUT2D eigenvalue weighted by molar-refractivity contribution is 0.681. The highest BCUT2D eigenvalue weighted by atomic mass is 79.9. The van der Waals surface area contributed by atoms with Crippen molar-refractivity contribution in [3.05, 3.63) is 0 Å². The van der Waals surface area contributed by atoms with Gasteiger partial charge in [-0.2, -0.15) is 11.8 Å².